The Morgan fingerprint density at radius 2 is 1.72 bits per heavy atom. The maximum atomic E-state index is 11.9. The van der Waals surface area contributed by atoms with Crippen molar-refractivity contribution in [2.75, 3.05) is 0 Å². The van der Waals surface area contributed by atoms with Gasteiger partial charge in [-0.25, -0.2) is 9.59 Å². The Kier molecular flexibility index (Phi) is 4.52. The number of rotatable bonds is 4. The lowest BCUT2D eigenvalue weighted by Gasteiger charge is -2.29. The summed E-state index contributed by atoms with van der Waals surface area (Å²) in [6.45, 7) is 3.37. The molecule has 0 atom stereocenters. The topological polar surface area (TPSA) is 74.7 Å². The Hall–Kier alpha value is -3.15. The van der Waals surface area contributed by atoms with Crippen molar-refractivity contribution in [2.24, 2.45) is 0 Å². The molecule has 6 heteroatoms. The first kappa shape index (κ1) is 16.7. The van der Waals surface area contributed by atoms with Crippen molar-refractivity contribution >= 4 is 18.0 Å². The lowest BCUT2D eigenvalue weighted by atomic mass is 10.1. The Balaban J connectivity index is 1.68. The molecule has 0 aliphatic carbocycles. The molecule has 1 aromatic carbocycles. The number of hydrogen-bond donors (Lipinski definition) is 0. The fourth-order valence-corrected chi connectivity index (χ4v) is 2.25. The molecule has 6 nitrogen and oxygen atoms in total. The maximum absolute atomic E-state index is 11.9. The van der Waals surface area contributed by atoms with E-state index in [0.717, 1.165) is 5.69 Å². The highest BCUT2D eigenvalue weighted by molar-refractivity contribution is 6.18. The van der Waals surface area contributed by atoms with Gasteiger partial charge >= 0.3 is 11.9 Å². The molecule has 25 heavy (non-hydrogen) atoms. The molecule has 0 N–H and O–H groups in total. The molecule has 3 rings (SSSR count). The van der Waals surface area contributed by atoms with Gasteiger partial charge < -0.3 is 14.2 Å². The number of esters is 2. The number of pyridine rings is 1. The normalized spacial score (nSPS) is 16.0. The van der Waals surface area contributed by atoms with E-state index in [4.69, 9.17) is 14.2 Å². The van der Waals surface area contributed by atoms with Gasteiger partial charge in [0.2, 0.25) is 0 Å². The number of nitrogens with zero attached hydrogens (tertiary/aromatic N) is 1. The Labute approximate surface area is 145 Å². The highest BCUT2D eigenvalue weighted by Crippen LogP contribution is 2.24. The predicted octanol–water partition coefficient (Wildman–Crippen LogP) is 2.88. The molecule has 0 radical (unpaired) electrons. The van der Waals surface area contributed by atoms with E-state index in [2.05, 4.69) is 4.98 Å². The van der Waals surface area contributed by atoms with Crippen molar-refractivity contribution in [2.45, 2.75) is 26.2 Å². The lowest BCUT2D eigenvalue weighted by molar-refractivity contribution is -0.222. The third-order valence-electron chi connectivity index (χ3n) is 3.42. The van der Waals surface area contributed by atoms with Gasteiger partial charge in [-0.3, -0.25) is 4.98 Å². The number of ether oxygens (including phenoxy) is 3. The molecule has 0 saturated carbocycles. The molecular formula is C19H17NO5. The molecule has 1 saturated heterocycles. The second-order valence-electron chi connectivity index (χ2n) is 5.92. The molecule has 0 amide bonds. The van der Waals surface area contributed by atoms with Crippen LogP contribution < -0.4 is 4.74 Å². The summed E-state index contributed by atoms with van der Waals surface area (Å²) in [6.07, 6.45) is 3.14. The number of carbonyl (C=O) groups excluding carboxylic acids is 2. The van der Waals surface area contributed by atoms with E-state index >= 15 is 0 Å². The van der Waals surface area contributed by atoms with E-state index in [9.17, 15) is 9.59 Å². The molecule has 1 aliphatic heterocycles. The lowest BCUT2D eigenvalue weighted by Crippen LogP contribution is -2.41. The van der Waals surface area contributed by atoms with E-state index in [0.29, 0.717) is 17.9 Å². The summed E-state index contributed by atoms with van der Waals surface area (Å²) in [5.74, 6) is -1.98. The van der Waals surface area contributed by atoms with E-state index in [1.165, 1.54) is 19.9 Å². The predicted molar refractivity (Wildman–Crippen MR) is 89.3 cm³/mol. The molecule has 2 heterocycles. The summed E-state index contributed by atoms with van der Waals surface area (Å²) in [7, 11) is 0. The molecule has 1 aromatic heterocycles. The van der Waals surface area contributed by atoms with Gasteiger partial charge in [0.1, 0.15) is 17.9 Å². The van der Waals surface area contributed by atoms with Crippen molar-refractivity contribution in [3.05, 3.63) is 65.5 Å². The zero-order valence-corrected chi connectivity index (χ0v) is 13.9. The number of cyclic esters (lactones) is 2. The second-order valence-corrected chi connectivity index (χ2v) is 5.92. The van der Waals surface area contributed by atoms with Gasteiger partial charge in [-0.05, 0) is 35.9 Å². The van der Waals surface area contributed by atoms with Crippen LogP contribution in [0.2, 0.25) is 0 Å². The average Bonchev–Trinajstić information content (AvgIpc) is 2.57. The minimum absolute atomic E-state index is 0.138. The fraction of sp³-hybridized carbons (Fsp3) is 0.211. The van der Waals surface area contributed by atoms with Gasteiger partial charge in [0.15, 0.2) is 0 Å². The molecule has 0 unspecified atom stereocenters. The number of benzene rings is 1. The van der Waals surface area contributed by atoms with Crippen molar-refractivity contribution in [1.82, 2.24) is 4.98 Å². The first-order valence-corrected chi connectivity index (χ1v) is 7.74. The van der Waals surface area contributed by atoms with Crippen LogP contribution in [0.25, 0.3) is 6.08 Å². The summed E-state index contributed by atoms with van der Waals surface area (Å²) in [5.41, 5.74) is 1.35. The Bertz CT molecular complexity index is 787. The maximum Gasteiger partial charge on any atom is 0.348 e. The minimum atomic E-state index is -1.24. The zero-order chi connectivity index (χ0) is 17.9. The van der Waals surface area contributed by atoms with Gasteiger partial charge in [0, 0.05) is 20.0 Å². The van der Waals surface area contributed by atoms with Crippen LogP contribution in [-0.2, 0) is 25.7 Å². The van der Waals surface area contributed by atoms with Gasteiger partial charge in [-0.2, -0.15) is 0 Å². The number of aromatic nitrogens is 1. The second kappa shape index (κ2) is 6.76. The quantitative estimate of drug-likeness (QED) is 0.484. The van der Waals surface area contributed by atoms with Gasteiger partial charge in [-0.15, -0.1) is 0 Å². The van der Waals surface area contributed by atoms with Crippen molar-refractivity contribution in [3.8, 4) is 5.75 Å². The van der Waals surface area contributed by atoms with E-state index < -0.39 is 17.7 Å². The summed E-state index contributed by atoms with van der Waals surface area (Å²) < 4.78 is 15.8. The largest absolute Gasteiger partial charge is 0.487 e. The third-order valence-corrected chi connectivity index (χ3v) is 3.42. The fourth-order valence-electron chi connectivity index (χ4n) is 2.25. The van der Waals surface area contributed by atoms with E-state index in [-0.39, 0.29) is 5.57 Å². The Morgan fingerprint density at radius 3 is 2.32 bits per heavy atom. The van der Waals surface area contributed by atoms with Crippen LogP contribution in [0.3, 0.4) is 0 Å². The molecule has 1 aliphatic rings. The minimum Gasteiger partial charge on any atom is -0.487 e. The molecule has 0 bridgehead atoms. The van der Waals surface area contributed by atoms with Crippen LogP contribution in [-0.4, -0.2) is 22.7 Å². The highest BCUT2D eigenvalue weighted by Gasteiger charge is 2.38. The molecule has 0 spiro atoms. The van der Waals surface area contributed by atoms with Crippen LogP contribution in [0.15, 0.2) is 54.2 Å². The van der Waals surface area contributed by atoms with Gasteiger partial charge in [0.05, 0.1) is 5.69 Å². The van der Waals surface area contributed by atoms with Crippen LogP contribution in [0.5, 0.6) is 5.75 Å². The monoisotopic (exact) mass is 339 g/mol. The highest BCUT2D eigenvalue weighted by atomic mass is 16.7. The van der Waals surface area contributed by atoms with Crippen LogP contribution in [0.1, 0.15) is 25.1 Å². The standard InChI is InChI=1S/C19H17NO5/c1-19(2)24-17(21)16(18(22)25-19)11-13-6-8-15(9-7-13)23-12-14-5-3-4-10-20-14/h3-11H,12H2,1-2H3. The third kappa shape index (κ3) is 4.23. The van der Waals surface area contributed by atoms with Crippen molar-refractivity contribution < 1.29 is 23.8 Å². The Morgan fingerprint density at radius 1 is 1.04 bits per heavy atom. The molecule has 128 valence electrons. The smallest absolute Gasteiger partial charge is 0.348 e. The molecule has 1 fully saturated rings. The van der Waals surface area contributed by atoms with Crippen molar-refractivity contribution in [3.63, 3.8) is 0 Å². The first-order valence-electron chi connectivity index (χ1n) is 7.74. The SMILES string of the molecule is CC1(C)OC(=O)C(=Cc2ccc(OCc3ccccn3)cc2)C(=O)O1. The molecular weight excluding hydrogens is 322 g/mol. The van der Waals surface area contributed by atoms with E-state index in [1.54, 1.807) is 30.5 Å². The summed E-state index contributed by atoms with van der Waals surface area (Å²) in [4.78, 5) is 28.0. The van der Waals surface area contributed by atoms with Crippen molar-refractivity contribution in [1.29, 1.82) is 0 Å². The first-order chi connectivity index (χ1) is 11.9. The van der Waals surface area contributed by atoms with E-state index in [1.807, 2.05) is 18.2 Å². The number of carbonyl (C=O) groups is 2. The summed E-state index contributed by atoms with van der Waals surface area (Å²) in [6, 6.07) is 12.6. The summed E-state index contributed by atoms with van der Waals surface area (Å²) in [5, 5.41) is 0. The van der Waals surface area contributed by atoms with Crippen LogP contribution in [0, 0.1) is 0 Å². The zero-order valence-electron chi connectivity index (χ0n) is 13.9. The van der Waals surface area contributed by atoms with Crippen LogP contribution in [0.4, 0.5) is 0 Å². The summed E-state index contributed by atoms with van der Waals surface area (Å²) >= 11 is 0. The average molecular weight is 339 g/mol. The van der Waals surface area contributed by atoms with Crippen LogP contribution >= 0.6 is 0 Å². The molecule has 2 aromatic rings. The van der Waals surface area contributed by atoms with Gasteiger partial charge in [-0.1, -0.05) is 18.2 Å². The number of hydrogen-bond acceptors (Lipinski definition) is 6. The van der Waals surface area contributed by atoms with Gasteiger partial charge in [0.25, 0.3) is 5.79 Å².